The Morgan fingerprint density at radius 1 is 0.698 bits per heavy atom. The molecule has 0 bridgehead atoms. The second-order valence-corrected chi connectivity index (χ2v) is 16.3. The molecule has 1 unspecified atom stereocenters. The van der Waals surface area contributed by atoms with Gasteiger partial charge in [0.15, 0.2) is 0 Å². The summed E-state index contributed by atoms with van der Waals surface area (Å²) in [4.78, 5) is 48.4. The number of hydrogen-bond donors (Lipinski definition) is 3. The third-order valence-corrected chi connectivity index (χ3v) is 12.2. The highest BCUT2D eigenvalue weighted by atomic mass is 32.2. The van der Waals surface area contributed by atoms with Gasteiger partial charge in [0, 0.05) is 6.92 Å². The number of amides is 4. The highest BCUT2D eigenvalue weighted by Crippen LogP contribution is 2.46. The SMILES string of the molecule is Cc1ccc(S(=O)(=O)NC(=O)[C@H](C)NC(=O)OCc2ccccc2)cc1.Cc1ccc(S(=O)(=O)[N+]2(C)C(=O)[C@@]2(C)NC(=O)OCc2ccccc2)cc1. The van der Waals surface area contributed by atoms with Crippen molar-refractivity contribution in [1.29, 1.82) is 0 Å². The lowest BCUT2D eigenvalue weighted by Gasteiger charge is -2.17. The van der Waals surface area contributed by atoms with Gasteiger partial charge in [-0.15, -0.1) is 3.89 Å². The Bertz CT molecular complexity index is 2170. The van der Waals surface area contributed by atoms with E-state index in [2.05, 4.69) is 10.6 Å². The van der Waals surface area contributed by atoms with Gasteiger partial charge in [0.25, 0.3) is 15.9 Å². The molecule has 1 aliphatic rings. The fraction of sp³-hybridized carbons (Fsp3) is 0.243. The number of ether oxygens (including phenoxy) is 2. The maximum Gasteiger partial charge on any atom is 0.416 e. The van der Waals surface area contributed by atoms with E-state index in [1.54, 1.807) is 48.5 Å². The van der Waals surface area contributed by atoms with Gasteiger partial charge in [-0.05, 0) is 56.2 Å². The van der Waals surface area contributed by atoms with Crippen LogP contribution in [0.3, 0.4) is 0 Å². The first kappa shape index (κ1) is 40.2. The minimum atomic E-state index is -4.03. The smallest absolute Gasteiger partial charge is 0.416 e. The van der Waals surface area contributed by atoms with E-state index < -0.39 is 59.6 Å². The van der Waals surface area contributed by atoms with Gasteiger partial charge < -0.3 is 14.8 Å². The van der Waals surface area contributed by atoms with Crippen molar-refractivity contribution in [2.45, 2.75) is 62.4 Å². The van der Waals surface area contributed by atoms with Crippen molar-refractivity contribution in [2.24, 2.45) is 0 Å². The van der Waals surface area contributed by atoms with Gasteiger partial charge in [-0.2, -0.15) is 8.42 Å². The molecule has 1 fully saturated rings. The van der Waals surface area contributed by atoms with E-state index >= 15 is 0 Å². The zero-order valence-corrected chi connectivity index (χ0v) is 31.4. The van der Waals surface area contributed by atoms with E-state index in [1.807, 2.05) is 55.0 Å². The Morgan fingerprint density at radius 3 is 1.60 bits per heavy atom. The van der Waals surface area contributed by atoms with Crippen molar-refractivity contribution >= 4 is 44.0 Å². The summed E-state index contributed by atoms with van der Waals surface area (Å²) in [6.45, 7) is 6.47. The summed E-state index contributed by atoms with van der Waals surface area (Å²) in [6, 6.07) is 29.3. The minimum Gasteiger partial charge on any atom is -0.445 e. The molecule has 0 radical (unpaired) electrons. The van der Waals surface area contributed by atoms with Crippen molar-refractivity contribution in [3.63, 3.8) is 0 Å². The van der Waals surface area contributed by atoms with Gasteiger partial charge in [-0.1, -0.05) is 96.1 Å². The number of likely N-dealkylation sites (N-methyl/N-ethyl adjacent to an activating group) is 1. The van der Waals surface area contributed by atoms with Crippen LogP contribution >= 0.6 is 0 Å². The average Bonchev–Trinajstić information content (AvgIpc) is 3.57. The maximum absolute atomic E-state index is 13.0. The summed E-state index contributed by atoms with van der Waals surface area (Å²) in [5.74, 6) is -1.48. The summed E-state index contributed by atoms with van der Waals surface area (Å²) in [5.41, 5.74) is 1.77. The van der Waals surface area contributed by atoms with Crippen LogP contribution in [0.25, 0.3) is 0 Å². The Hall–Kier alpha value is -5.58. The number of quaternary nitrogens is 1. The van der Waals surface area contributed by atoms with Crippen LogP contribution in [-0.2, 0) is 52.3 Å². The van der Waals surface area contributed by atoms with E-state index in [1.165, 1.54) is 45.2 Å². The first-order valence-corrected chi connectivity index (χ1v) is 19.2. The number of benzene rings is 4. The first-order chi connectivity index (χ1) is 24.9. The van der Waals surface area contributed by atoms with Gasteiger partial charge in [0.05, 0.1) is 11.9 Å². The Labute approximate surface area is 308 Å². The quantitative estimate of drug-likeness (QED) is 0.146. The summed E-state index contributed by atoms with van der Waals surface area (Å²) < 4.78 is 61.4. The van der Waals surface area contributed by atoms with Crippen LogP contribution in [0.2, 0.25) is 0 Å². The first-order valence-electron chi connectivity index (χ1n) is 16.2. The van der Waals surface area contributed by atoms with E-state index in [0.29, 0.717) is 0 Å². The molecular formula is C37H41N4O10S2+. The molecule has 0 aromatic heterocycles. The molecule has 1 heterocycles. The number of hydrogen-bond acceptors (Lipinski definition) is 10. The number of nitrogens with zero attached hydrogens (tertiary/aromatic N) is 1. The van der Waals surface area contributed by atoms with Crippen LogP contribution in [0.1, 0.15) is 36.1 Å². The molecule has 0 spiro atoms. The molecule has 4 aromatic carbocycles. The van der Waals surface area contributed by atoms with Crippen molar-refractivity contribution in [2.75, 3.05) is 7.05 Å². The van der Waals surface area contributed by atoms with Crippen LogP contribution in [0, 0.1) is 13.8 Å². The Morgan fingerprint density at radius 2 is 1.13 bits per heavy atom. The summed E-state index contributed by atoms with van der Waals surface area (Å²) in [6.07, 6.45) is -1.67. The van der Waals surface area contributed by atoms with Gasteiger partial charge in [0.1, 0.15) is 24.2 Å². The number of carbonyl (C=O) groups excluding carboxylic acids is 4. The second-order valence-electron chi connectivity index (χ2n) is 12.5. The molecule has 1 aliphatic heterocycles. The molecule has 14 nitrogen and oxygen atoms in total. The lowest BCUT2D eigenvalue weighted by Crippen LogP contribution is -2.47. The maximum atomic E-state index is 13.0. The zero-order valence-electron chi connectivity index (χ0n) is 29.7. The Balaban J connectivity index is 0.000000237. The molecule has 3 atom stereocenters. The van der Waals surface area contributed by atoms with Gasteiger partial charge in [-0.25, -0.2) is 27.5 Å². The van der Waals surface area contributed by atoms with Crippen molar-refractivity contribution in [3.8, 4) is 0 Å². The normalized spacial score (nSPS) is 18.3. The third-order valence-electron chi connectivity index (χ3n) is 8.47. The molecule has 3 N–H and O–H groups in total. The fourth-order valence-electron chi connectivity index (χ4n) is 4.94. The predicted molar refractivity (Wildman–Crippen MR) is 193 cm³/mol. The molecule has 4 aromatic rings. The summed E-state index contributed by atoms with van der Waals surface area (Å²) in [7, 11) is -6.77. The molecule has 53 heavy (non-hydrogen) atoms. The van der Waals surface area contributed by atoms with Crippen molar-refractivity contribution < 1.29 is 49.4 Å². The standard InChI is InChI=1S/C19H20N2O5S.C18H20N2O5S/c1-14-9-11-16(12-10-14)27(24,25)21(3)17(22)19(21,2)20-18(23)26-13-15-7-5-4-6-8-15;1-13-8-10-16(11-9-13)26(23,24)20-17(21)14(2)19-18(22)25-12-15-6-4-3-5-7-15/h4-12H,13H2,1-3H3;3-11,14H,12H2,1-2H3,(H,19,22)(H,20,21)/p+1/t19-,21?;14-/m00/s1. The van der Waals surface area contributed by atoms with Crippen LogP contribution in [0.15, 0.2) is 119 Å². The number of aryl methyl sites for hydroxylation is 2. The van der Waals surface area contributed by atoms with Gasteiger partial charge in [0.2, 0.25) is 0 Å². The van der Waals surface area contributed by atoms with E-state index in [9.17, 15) is 36.0 Å². The fourth-order valence-corrected chi connectivity index (χ4v) is 7.85. The van der Waals surface area contributed by atoms with E-state index in [-0.39, 0.29) is 23.0 Å². The highest BCUT2D eigenvalue weighted by Gasteiger charge is 2.84. The molecule has 0 aliphatic carbocycles. The number of rotatable bonds is 11. The monoisotopic (exact) mass is 765 g/mol. The number of alkyl carbamates (subject to hydrolysis) is 2. The van der Waals surface area contributed by atoms with Crippen LogP contribution in [0.4, 0.5) is 9.59 Å². The number of carbonyl (C=O) groups is 4. The topological polar surface area (TPSA) is 191 Å². The molecular weight excluding hydrogens is 725 g/mol. The molecule has 5 rings (SSSR count). The van der Waals surface area contributed by atoms with Crippen molar-refractivity contribution in [3.05, 3.63) is 131 Å². The van der Waals surface area contributed by atoms with Gasteiger partial charge in [-0.3, -0.25) is 10.1 Å². The molecule has 1 saturated heterocycles. The highest BCUT2D eigenvalue weighted by molar-refractivity contribution is 7.90. The van der Waals surface area contributed by atoms with E-state index in [0.717, 1.165) is 22.3 Å². The predicted octanol–water partition coefficient (Wildman–Crippen LogP) is 4.43. The zero-order chi connectivity index (χ0) is 39.0. The van der Waals surface area contributed by atoms with Crippen LogP contribution in [-0.4, -0.2) is 63.5 Å². The lowest BCUT2D eigenvalue weighted by atomic mass is 10.2. The van der Waals surface area contributed by atoms with Crippen LogP contribution in [0.5, 0.6) is 0 Å². The molecule has 0 saturated carbocycles. The van der Waals surface area contributed by atoms with Crippen molar-refractivity contribution in [1.82, 2.24) is 15.4 Å². The summed E-state index contributed by atoms with van der Waals surface area (Å²) >= 11 is 0. The third kappa shape index (κ3) is 9.46. The number of nitrogens with one attached hydrogen (secondary N) is 3. The van der Waals surface area contributed by atoms with E-state index in [4.69, 9.17) is 9.47 Å². The largest absolute Gasteiger partial charge is 0.445 e. The average molecular weight is 766 g/mol. The molecule has 16 heteroatoms. The molecule has 280 valence electrons. The van der Waals surface area contributed by atoms with Crippen LogP contribution < -0.4 is 15.4 Å². The van der Waals surface area contributed by atoms with Gasteiger partial charge >= 0.3 is 33.8 Å². The number of sulfonamides is 2. The lowest BCUT2D eigenvalue weighted by molar-refractivity contribution is -0.639. The minimum absolute atomic E-state index is 0.0192. The Kier molecular flexibility index (Phi) is 12.4. The second kappa shape index (κ2) is 16.4. The summed E-state index contributed by atoms with van der Waals surface area (Å²) in [5, 5.41) is 4.71. The molecule has 4 amide bonds.